The number of pyridine rings is 1. The second-order valence-corrected chi connectivity index (χ2v) is 2.90. The second kappa shape index (κ2) is 3.26. The van der Waals surface area contributed by atoms with E-state index in [1.807, 2.05) is 0 Å². The van der Waals surface area contributed by atoms with E-state index in [9.17, 15) is 4.79 Å². The van der Waals surface area contributed by atoms with E-state index in [2.05, 4.69) is 14.8 Å². The van der Waals surface area contributed by atoms with Gasteiger partial charge in [-0.05, 0) is 23.7 Å². The van der Waals surface area contributed by atoms with E-state index in [1.165, 1.54) is 11.6 Å². The van der Waals surface area contributed by atoms with Gasteiger partial charge in [0.15, 0.2) is 5.65 Å². The van der Waals surface area contributed by atoms with Gasteiger partial charge in [0.1, 0.15) is 5.56 Å². The number of hydrogen-bond donors (Lipinski definition) is 0. The Balaban J connectivity index is 2.70. The highest BCUT2D eigenvalue weighted by Crippen LogP contribution is 2.11. The van der Waals surface area contributed by atoms with E-state index in [0.717, 1.165) is 0 Å². The van der Waals surface area contributed by atoms with Gasteiger partial charge in [-0.25, -0.2) is 9.31 Å². The summed E-state index contributed by atoms with van der Waals surface area (Å²) in [5.74, 6) is -0.459. The smallest absolute Gasteiger partial charge is 0.341 e. The second-order valence-electron chi connectivity index (χ2n) is 2.56. The van der Waals surface area contributed by atoms with E-state index in [4.69, 9.17) is 11.6 Å². The molecule has 2 rings (SSSR count). The Morgan fingerprint density at radius 2 is 2.43 bits per heavy atom. The molecule has 5 nitrogen and oxygen atoms in total. The van der Waals surface area contributed by atoms with Crippen LogP contribution in [0.2, 0.25) is 5.28 Å². The summed E-state index contributed by atoms with van der Waals surface area (Å²) in [7, 11) is 1.31. The first-order valence-electron chi connectivity index (χ1n) is 3.81. The molecule has 2 heterocycles. The van der Waals surface area contributed by atoms with Crippen molar-refractivity contribution in [2.24, 2.45) is 0 Å². The summed E-state index contributed by atoms with van der Waals surface area (Å²) < 4.78 is 6.02. The van der Waals surface area contributed by atoms with Crippen molar-refractivity contribution in [2.75, 3.05) is 7.11 Å². The predicted molar refractivity (Wildman–Crippen MR) is 49.3 cm³/mol. The molecule has 14 heavy (non-hydrogen) atoms. The molecule has 0 aliphatic heterocycles. The number of carbonyl (C=O) groups is 1. The van der Waals surface area contributed by atoms with Crippen LogP contribution in [0.3, 0.4) is 0 Å². The number of hydrogen-bond acceptors (Lipinski definition) is 4. The summed E-state index contributed by atoms with van der Waals surface area (Å²) in [6.07, 6.45) is 1.65. The van der Waals surface area contributed by atoms with Gasteiger partial charge < -0.3 is 4.74 Å². The highest BCUT2D eigenvalue weighted by atomic mass is 35.5. The quantitative estimate of drug-likeness (QED) is 0.665. The van der Waals surface area contributed by atoms with Gasteiger partial charge in [-0.3, -0.25) is 0 Å². The first kappa shape index (κ1) is 8.96. The topological polar surface area (TPSA) is 56.5 Å². The maximum atomic E-state index is 11.3. The van der Waals surface area contributed by atoms with E-state index >= 15 is 0 Å². The van der Waals surface area contributed by atoms with Crippen LogP contribution in [-0.4, -0.2) is 27.7 Å². The molecule has 72 valence electrons. The molecule has 6 heteroatoms. The molecule has 0 atom stereocenters. The number of halogens is 1. The van der Waals surface area contributed by atoms with Crippen molar-refractivity contribution in [3.8, 4) is 0 Å². The van der Waals surface area contributed by atoms with Gasteiger partial charge in [0.05, 0.1) is 7.11 Å². The molecule has 2 aromatic rings. The largest absolute Gasteiger partial charge is 0.465 e. The van der Waals surface area contributed by atoms with Crippen molar-refractivity contribution in [3.63, 3.8) is 0 Å². The predicted octanol–water partition coefficient (Wildman–Crippen LogP) is 1.17. The molecule has 0 unspecified atom stereocenters. The van der Waals surface area contributed by atoms with E-state index < -0.39 is 5.97 Å². The third kappa shape index (κ3) is 1.31. The maximum absolute atomic E-state index is 11.3. The number of nitrogens with zero attached hydrogens (tertiary/aromatic N) is 3. The molecule has 0 amide bonds. The average molecular weight is 212 g/mol. The van der Waals surface area contributed by atoms with Gasteiger partial charge in [0.25, 0.3) is 0 Å². The lowest BCUT2D eigenvalue weighted by molar-refractivity contribution is 0.0602. The summed E-state index contributed by atoms with van der Waals surface area (Å²) in [6, 6.07) is 3.27. The summed E-state index contributed by atoms with van der Waals surface area (Å²) >= 11 is 5.61. The van der Waals surface area contributed by atoms with Gasteiger partial charge in [-0.15, -0.1) is 5.10 Å². The Labute approximate surface area is 84.3 Å². The molecule has 0 N–H and O–H groups in total. The number of carbonyl (C=O) groups excluding carboxylic acids is 1. The third-order valence-corrected chi connectivity index (χ3v) is 1.90. The van der Waals surface area contributed by atoms with Gasteiger partial charge in [0, 0.05) is 6.20 Å². The van der Waals surface area contributed by atoms with E-state index in [-0.39, 0.29) is 5.28 Å². The van der Waals surface area contributed by atoms with Crippen molar-refractivity contribution in [1.82, 2.24) is 14.6 Å². The number of aromatic nitrogens is 3. The van der Waals surface area contributed by atoms with Crippen molar-refractivity contribution >= 4 is 23.2 Å². The van der Waals surface area contributed by atoms with Gasteiger partial charge in [0.2, 0.25) is 5.28 Å². The monoisotopic (exact) mass is 211 g/mol. The molecule has 0 aliphatic rings. The Bertz CT molecular complexity index is 494. The molecular formula is C8H6ClN3O2. The Morgan fingerprint density at radius 1 is 1.64 bits per heavy atom. The van der Waals surface area contributed by atoms with Crippen LogP contribution < -0.4 is 0 Å². The summed E-state index contributed by atoms with van der Waals surface area (Å²) in [5, 5.41) is 3.95. The summed E-state index contributed by atoms with van der Waals surface area (Å²) in [5.41, 5.74) is 0.735. The zero-order valence-corrected chi connectivity index (χ0v) is 8.02. The molecule has 0 fully saturated rings. The Morgan fingerprint density at radius 3 is 3.14 bits per heavy atom. The zero-order valence-electron chi connectivity index (χ0n) is 7.27. The van der Waals surface area contributed by atoms with Crippen LogP contribution in [0, 0.1) is 0 Å². The van der Waals surface area contributed by atoms with Gasteiger partial charge >= 0.3 is 5.97 Å². The third-order valence-electron chi connectivity index (χ3n) is 1.74. The van der Waals surface area contributed by atoms with Crippen molar-refractivity contribution in [3.05, 3.63) is 29.2 Å². The Hall–Kier alpha value is -1.62. The maximum Gasteiger partial charge on any atom is 0.341 e. The van der Waals surface area contributed by atoms with E-state index in [1.54, 1.807) is 18.3 Å². The van der Waals surface area contributed by atoms with Gasteiger partial charge in [-0.2, -0.15) is 4.98 Å². The lowest BCUT2D eigenvalue weighted by atomic mass is 10.3. The van der Waals surface area contributed by atoms with Crippen LogP contribution in [0.25, 0.3) is 5.65 Å². The summed E-state index contributed by atoms with van der Waals surface area (Å²) in [6.45, 7) is 0. The first-order chi connectivity index (χ1) is 6.72. The Kier molecular flexibility index (Phi) is 2.09. The van der Waals surface area contributed by atoms with Crippen molar-refractivity contribution < 1.29 is 9.53 Å². The molecular weight excluding hydrogens is 206 g/mol. The van der Waals surface area contributed by atoms with Crippen molar-refractivity contribution in [1.29, 1.82) is 0 Å². The molecule has 0 saturated carbocycles. The highest BCUT2D eigenvalue weighted by molar-refractivity contribution is 6.28. The van der Waals surface area contributed by atoms with Crippen LogP contribution in [0.4, 0.5) is 0 Å². The highest BCUT2D eigenvalue weighted by Gasteiger charge is 2.13. The molecule has 0 aromatic carbocycles. The first-order valence-corrected chi connectivity index (χ1v) is 4.19. The van der Waals surface area contributed by atoms with Crippen molar-refractivity contribution in [2.45, 2.75) is 0 Å². The number of fused-ring (bicyclic) bond motifs is 1. The van der Waals surface area contributed by atoms with E-state index in [0.29, 0.717) is 11.2 Å². The number of ether oxygens (including phenoxy) is 1. The summed E-state index contributed by atoms with van der Waals surface area (Å²) in [4.78, 5) is 15.2. The minimum atomic E-state index is -0.459. The minimum absolute atomic E-state index is 0.0985. The SMILES string of the molecule is COC(=O)c1cccn2nc(Cl)nc12. The molecule has 0 spiro atoms. The van der Waals surface area contributed by atoms with Crippen LogP contribution in [0.15, 0.2) is 18.3 Å². The fraction of sp³-hybridized carbons (Fsp3) is 0.125. The number of esters is 1. The molecule has 2 aromatic heterocycles. The van der Waals surface area contributed by atoms with Gasteiger partial charge in [-0.1, -0.05) is 0 Å². The molecule has 0 saturated heterocycles. The fourth-order valence-corrected chi connectivity index (χ4v) is 1.31. The molecule has 0 radical (unpaired) electrons. The van der Waals surface area contributed by atoms with Crippen LogP contribution in [-0.2, 0) is 4.74 Å². The lowest BCUT2D eigenvalue weighted by Gasteiger charge is -1.98. The lowest BCUT2D eigenvalue weighted by Crippen LogP contribution is -2.04. The molecule has 0 bridgehead atoms. The standard InChI is InChI=1S/C8H6ClN3O2/c1-14-7(13)5-3-2-4-12-6(5)10-8(9)11-12/h2-4H,1H3. The number of rotatable bonds is 1. The van der Waals surface area contributed by atoms with Crippen LogP contribution in [0.1, 0.15) is 10.4 Å². The van der Waals surface area contributed by atoms with Crippen LogP contribution in [0.5, 0.6) is 0 Å². The average Bonchev–Trinajstić information content (AvgIpc) is 2.56. The minimum Gasteiger partial charge on any atom is -0.465 e. The fourth-order valence-electron chi connectivity index (χ4n) is 1.15. The zero-order chi connectivity index (χ0) is 10.1. The van der Waals surface area contributed by atoms with Crippen LogP contribution >= 0.6 is 11.6 Å². The molecule has 0 aliphatic carbocycles. The number of methoxy groups -OCH3 is 1. The normalized spacial score (nSPS) is 10.4.